The molecule has 5 nitrogen and oxygen atoms in total. The smallest absolute Gasteiger partial charge is 0.266 e. The van der Waals surface area contributed by atoms with Crippen LogP contribution in [-0.4, -0.2) is 21.2 Å². The average molecular weight is 505 g/mol. The molecule has 0 saturated heterocycles. The van der Waals surface area contributed by atoms with Gasteiger partial charge in [-0.3, -0.25) is 14.2 Å². The lowest BCUT2D eigenvalue weighted by Gasteiger charge is -2.14. The van der Waals surface area contributed by atoms with Crippen molar-refractivity contribution >= 4 is 69.1 Å². The van der Waals surface area contributed by atoms with Gasteiger partial charge < -0.3 is 5.32 Å². The van der Waals surface area contributed by atoms with Gasteiger partial charge >= 0.3 is 0 Å². The fourth-order valence-corrected chi connectivity index (χ4v) is 4.51. The van der Waals surface area contributed by atoms with Crippen molar-refractivity contribution in [3.05, 3.63) is 91.6 Å². The zero-order valence-electron chi connectivity index (χ0n) is 16.7. The molecular formula is C23H16Cl3N3O2S. The Balaban J connectivity index is 1.68. The van der Waals surface area contributed by atoms with Crippen LogP contribution in [0.15, 0.2) is 70.6 Å². The summed E-state index contributed by atoms with van der Waals surface area (Å²) in [7, 11) is 0. The Morgan fingerprint density at radius 1 is 1.03 bits per heavy atom. The summed E-state index contributed by atoms with van der Waals surface area (Å²) in [6.07, 6.45) is 0. The predicted molar refractivity (Wildman–Crippen MR) is 133 cm³/mol. The number of amides is 1. The van der Waals surface area contributed by atoms with Crippen LogP contribution in [0.4, 0.5) is 5.69 Å². The van der Waals surface area contributed by atoms with Gasteiger partial charge in [-0.15, -0.1) is 0 Å². The second-order valence-corrected chi connectivity index (χ2v) is 9.14. The van der Waals surface area contributed by atoms with Crippen molar-refractivity contribution in [2.75, 3.05) is 11.1 Å². The highest BCUT2D eigenvalue weighted by Crippen LogP contribution is 2.27. The molecule has 4 rings (SSSR count). The van der Waals surface area contributed by atoms with Crippen molar-refractivity contribution in [1.82, 2.24) is 9.55 Å². The third kappa shape index (κ3) is 4.79. The van der Waals surface area contributed by atoms with Gasteiger partial charge in [0.25, 0.3) is 5.56 Å². The number of aryl methyl sites for hydroxylation is 1. The summed E-state index contributed by atoms with van der Waals surface area (Å²) in [6, 6.07) is 17.3. The molecule has 0 aliphatic rings. The van der Waals surface area contributed by atoms with E-state index in [1.165, 1.54) is 4.57 Å². The third-order valence-electron chi connectivity index (χ3n) is 4.70. The normalized spacial score (nSPS) is 11.0. The van der Waals surface area contributed by atoms with Crippen molar-refractivity contribution in [2.24, 2.45) is 0 Å². The number of fused-ring (bicyclic) bond motifs is 1. The van der Waals surface area contributed by atoms with Crippen molar-refractivity contribution in [1.29, 1.82) is 0 Å². The molecule has 3 aromatic carbocycles. The van der Waals surface area contributed by atoms with Crippen LogP contribution in [0, 0.1) is 6.92 Å². The number of nitrogens with zero attached hydrogens (tertiary/aromatic N) is 2. The molecular weight excluding hydrogens is 489 g/mol. The molecule has 0 saturated carbocycles. The van der Waals surface area contributed by atoms with Gasteiger partial charge in [0, 0.05) is 10.0 Å². The minimum Gasteiger partial charge on any atom is -0.324 e. The summed E-state index contributed by atoms with van der Waals surface area (Å²) >= 11 is 19.5. The standard InChI is InChI=1S/C23H16Cl3N3O2S/c1-13-6-8-15(11-17(13)25)29-22(31)16-4-2-3-5-19(16)28-23(29)32-12-21(30)27-20-9-7-14(24)10-18(20)26/h2-11H,12H2,1H3,(H,27,30). The number of hydrogen-bond donors (Lipinski definition) is 1. The lowest BCUT2D eigenvalue weighted by molar-refractivity contribution is -0.113. The van der Waals surface area contributed by atoms with E-state index in [0.717, 1.165) is 17.3 Å². The number of benzene rings is 3. The summed E-state index contributed by atoms with van der Waals surface area (Å²) in [5.74, 6) is -0.279. The van der Waals surface area contributed by atoms with E-state index in [0.29, 0.717) is 42.5 Å². The topological polar surface area (TPSA) is 64.0 Å². The summed E-state index contributed by atoms with van der Waals surface area (Å²) in [4.78, 5) is 30.5. The quantitative estimate of drug-likeness (QED) is 0.253. The number of anilines is 1. The van der Waals surface area contributed by atoms with Gasteiger partial charge in [-0.2, -0.15) is 0 Å². The summed E-state index contributed by atoms with van der Waals surface area (Å²) in [5, 5.41) is 4.96. The number of nitrogens with one attached hydrogen (secondary N) is 1. The molecule has 4 aromatic rings. The lowest BCUT2D eigenvalue weighted by Crippen LogP contribution is -2.23. The highest BCUT2D eigenvalue weighted by molar-refractivity contribution is 7.99. The summed E-state index contributed by atoms with van der Waals surface area (Å²) in [5.41, 5.74) is 2.24. The number of para-hydroxylation sites is 1. The van der Waals surface area contributed by atoms with Gasteiger partial charge in [-0.1, -0.05) is 64.8 Å². The fourth-order valence-electron chi connectivity index (χ4n) is 3.06. The van der Waals surface area contributed by atoms with E-state index in [1.807, 2.05) is 19.1 Å². The van der Waals surface area contributed by atoms with Gasteiger partial charge in [0.15, 0.2) is 5.16 Å². The Bertz CT molecular complexity index is 1410. The number of rotatable bonds is 5. The second kappa shape index (κ2) is 9.55. The molecule has 0 atom stereocenters. The van der Waals surface area contributed by atoms with Crippen molar-refractivity contribution in [3.8, 4) is 5.69 Å². The van der Waals surface area contributed by atoms with Crippen molar-refractivity contribution in [2.45, 2.75) is 12.1 Å². The van der Waals surface area contributed by atoms with Crippen LogP contribution in [-0.2, 0) is 4.79 Å². The first-order valence-corrected chi connectivity index (χ1v) is 11.6. The Labute approximate surface area is 203 Å². The van der Waals surface area contributed by atoms with Crippen molar-refractivity contribution < 1.29 is 4.79 Å². The maximum atomic E-state index is 13.3. The van der Waals surface area contributed by atoms with Crippen LogP contribution >= 0.6 is 46.6 Å². The number of carbonyl (C=O) groups excluding carboxylic acids is 1. The van der Waals surface area contributed by atoms with Crippen LogP contribution < -0.4 is 10.9 Å². The van der Waals surface area contributed by atoms with Gasteiger partial charge in [0.2, 0.25) is 5.91 Å². The first-order valence-electron chi connectivity index (χ1n) is 9.49. The second-order valence-electron chi connectivity index (χ2n) is 6.95. The van der Waals surface area contributed by atoms with E-state index in [1.54, 1.807) is 48.5 Å². The van der Waals surface area contributed by atoms with Gasteiger partial charge in [0.05, 0.1) is 33.1 Å². The highest BCUT2D eigenvalue weighted by atomic mass is 35.5. The van der Waals surface area contributed by atoms with Crippen LogP contribution in [0.1, 0.15) is 5.56 Å². The maximum Gasteiger partial charge on any atom is 0.266 e. The van der Waals surface area contributed by atoms with E-state index in [2.05, 4.69) is 10.3 Å². The molecule has 32 heavy (non-hydrogen) atoms. The minimum absolute atomic E-state index is 0.0172. The van der Waals surface area contributed by atoms with Crippen LogP contribution in [0.5, 0.6) is 0 Å². The number of hydrogen-bond acceptors (Lipinski definition) is 4. The fraction of sp³-hybridized carbons (Fsp3) is 0.0870. The van der Waals surface area contributed by atoms with Crippen molar-refractivity contribution in [3.63, 3.8) is 0 Å². The lowest BCUT2D eigenvalue weighted by atomic mass is 10.2. The van der Waals surface area contributed by atoms with E-state index < -0.39 is 0 Å². The molecule has 0 spiro atoms. The van der Waals surface area contributed by atoms with E-state index in [4.69, 9.17) is 34.8 Å². The van der Waals surface area contributed by atoms with E-state index in [9.17, 15) is 9.59 Å². The van der Waals surface area contributed by atoms with E-state index >= 15 is 0 Å². The molecule has 1 N–H and O–H groups in total. The monoisotopic (exact) mass is 503 g/mol. The number of halogens is 3. The Kier molecular flexibility index (Phi) is 6.76. The molecule has 0 unspecified atom stereocenters. The molecule has 0 aliphatic heterocycles. The molecule has 0 radical (unpaired) electrons. The third-order valence-corrected chi connectivity index (χ3v) is 6.59. The Morgan fingerprint density at radius 3 is 2.56 bits per heavy atom. The van der Waals surface area contributed by atoms with Crippen LogP contribution in [0.3, 0.4) is 0 Å². The van der Waals surface area contributed by atoms with E-state index in [-0.39, 0.29) is 17.2 Å². The molecule has 0 bridgehead atoms. The zero-order valence-corrected chi connectivity index (χ0v) is 19.8. The number of carbonyl (C=O) groups is 1. The predicted octanol–water partition coefficient (Wildman–Crippen LogP) is 6.39. The number of thioether (sulfide) groups is 1. The Hall–Kier alpha value is -2.51. The highest BCUT2D eigenvalue weighted by Gasteiger charge is 2.16. The summed E-state index contributed by atoms with van der Waals surface area (Å²) < 4.78 is 1.47. The van der Waals surface area contributed by atoms with Gasteiger partial charge in [-0.05, 0) is 55.0 Å². The molecule has 0 aliphatic carbocycles. The largest absolute Gasteiger partial charge is 0.324 e. The molecule has 1 aromatic heterocycles. The molecule has 162 valence electrons. The van der Waals surface area contributed by atoms with Gasteiger partial charge in [0.1, 0.15) is 0 Å². The van der Waals surface area contributed by atoms with Crippen LogP contribution in [0.25, 0.3) is 16.6 Å². The molecule has 1 amide bonds. The molecule has 9 heteroatoms. The minimum atomic E-state index is -0.296. The maximum absolute atomic E-state index is 13.3. The molecule has 0 fully saturated rings. The first kappa shape index (κ1) is 22.7. The summed E-state index contributed by atoms with van der Waals surface area (Å²) in [6.45, 7) is 1.88. The zero-order chi connectivity index (χ0) is 22.8. The van der Waals surface area contributed by atoms with Crippen LogP contribution in [0.2, 0.25) is 15.1 Å². The SMILES string of the molecule is Cc1ccc(-n2c(SCC(=O)Nc3ccc(Cl)cc3Cl)nc3ccccc3c2=O)cc1Cl. The van der Waals surface area contributed by atoms with Gasteiger partial charge in [-0.25, -0.2) is 4.98 Å². The Morgan fingerprint density at radius 2 is 1.81 bits per heavy atom. The first-order chi connectivity index (χ1) is 15.3. The molecule has 1 heterocycles. The number of aromatic nitrogens is 2. The average Bonchev–Trinajstić information content (AvgIpc) is 2.76.